The Hall–Kier alpha value is -6.12. The minimum Gasteiger partial charge on any atom is -0.316 e. The summed E-state index contributed by atoms with van der Waals surface area (Å²) in [6.45, 7) is 0. The fourth-order valence-electron chi connectivity index (χ4n) is 7.03. The maximum Gasteiger partial charge on any atom is 0.0635 e. The molecule has 0 fully saturated rings. The molecule has 0 N–H and O–H groups in total. The van der Waals surface area contributed by atoms with Crippen LogP contribution >= 0.6 is 0 Å². The molecule has 2 aromatic heterocycles. The van der Waals surface area contributed by atoms with Crippen LogP contribution < -0.4 is 0 Å². The molecule has 0 aliphatic carbocycles. The van der Waals surface area contributed by atoms with Crippen LogP contribution in [0.3, 0.4) is 0 Å². The van der Waals surface area contributed by atoms with Crippen LogP contribution in [0.2, 0.25) is 0 Å². The SMILES string of the molecule is c1ccc(-c2cc(-c3ccccc3)cc(-n3c4ccccc4c4ccc5c(ccn5-c5ccccc5-c5ccccc5)c43)c2)cc1. The smallest absolute Gasteiger partial charge is 0.0635 e. The second-order valence-corrected chi connectivity index (χ2v) is 11.8. The second kappa shape index (κ2) is 10.8. The molecule has 0 unspecified atom stereocenters. The fraction of sp³-hybridized carbons (Fsp3) is 0. The number of nitrogens with zero attached hydrogens (tertiary/aromatic N) is 2. The molecule has 9 aromatic rings. The van der Waals surface area contributed by atoms with Gasteiger partial charge in [0, 0.05) is 33.6 Å². The first-order chi connectivity index (χ1) is 22.8. The average Bonchev–Trinajstić information content (AvgIpc) is 3.72. The highest BCUT2D eigenvalue weighted by Gasteiger charge is 2.19. The van der Waals surface area contributed by atoms with Gasteiger partial charge in [0.15, 0.2) is 0 Å². The summed E-state index contributed by atoms with van der Waals surface area (Å²) < 4.78 is 4.81. The Balaban J connectivity index is 1.34. The van der Waals surface area contributed by atoms with E-state index in [4.69, 9.17) is 0 Å². The zero-order valence-electron chi connectivity index (χ0n) is 25.2. The van der Waals surface area contributed by atoms with Gasteiger partial charge in [-0.2, -0.15) is 0 Å². The van der Waals surface area contributed by atoms with Gasteiger partial charge in [0.05, 0.1) is 22.2 Å². The van der Waals surface area contributed by atoms with Crippen molar-refractivity contribution in [3.63, 3.8) is 0 Å². The third kappa shape index (κ3) is 4.27. The van der Waals surface area contributed by atoms with Crippen molar-refractivity contribution in [2.75, 3.05) is 0 Å². The second-order valence-electron chi connectivity index (χ2n) is 11.8. The van der Waals surface area contributed by atoms with E-state index in [1.807, 2.05) is 0 Å². The third-order valence-electron chi connectivity index (χ3n) is 9.14. The van der Waals surface area contributed by atoms with E-state index in [2.05, 4.69) is 191 Å². The maximum absolute atomic E-state index is 2.47. The summed E-state index contributed by atoms with van der Waals surface area (Å²) in [7, 11) is 0. The number of aromatic nitrogens is 2. The van der Waals surface area contributed by atoms with E-state index >= 15 is 0 Å². The zero-order chi connectivity index (χ0) is 30.5. The number of rotatable bonds is 5. The van der Waals surface area contributed by atoms with Gasteiger partial charge in [-0.25, -0.2) is 0 Å². The van der Waals surface area contributed by atoms with Crippen molar-refractivity contribution in [2.45, 2.75) is 0 Å². The Morgan fingerprint density at radius 2 is 0.935 bits per heavy atom. The van der Waals surface area contributed by atoms with Crippen LogP contribution in [0.5, 0.6) is 0 Å². The molecule has 2 heteroatoms. The molecular formula is C44H30N2. The molecule has 0 atom stereocenters. The van der Waals surface area contributed by atoms with Crippen LogP contribution in [-0.2, 0) is 0 Å². The van der Waals surface area contributed by atoms with E-state index in [9.17, 15) is 0 Å². The predicted molar refractivity (Wildman–Crippen MR) is 194 cm³/mol. The van der Waals surface area contributed by atoms with Crippen molar-refractivity contribution < 1.29 is 0 Å². The number of para-hydroxylation sites is 2. The average molecular weight is 587 g/mol. The molecule has 0 aliphatic heterocycles. The van der Waals surface area contributed by atoms with Crippen molar-refractivity contribution in [2.24, 2.45) is 0 Å². The topological polar surface area (TPSA) is 9.86 Å². The van der Waals surface area contributed by atoms with E-state index in [0.29, 0.717) is 0 Å². The molecule has 46 heavy (non-hydrogen) atoms. The maximum atomic E-state index is 2.47. The monoisotopic (exact) mass is 586 g/mol. The van der Waals surface area contributed by atoms with Crippen molar-refractivity contribution in [3.8, 4) is 44.8 Å². The third-order valence-corrected chi connectivity index (χ3v) is 9.14. The van der Waals surface area contributed by atoms with Crippen LogP contribution in [0.25, 0.3) is 77.5 Å². The summed E-state index contributed by atoms with van der Waals surface area (Å²) in [5.41, 5.74) is 13.2. The van der Waals surface area contributed by atoms with E-state index in [-0.39, 0.29) is 0 Å². The molecule has 9 rings (SSSR count). The van der Waals surface area contributed by atoms with Gasteiger partial charge in [0.2, 0.25) is 0 Å². The Labute approximate surface area is 268 Å². The lowest BCUT2D eigenvalue weighted by molar-refractivity contribution is 1.13. The van der Waals surface area contributed by atoms with Gasteiger partial charge in [0.1, 0.15) is 0 Å². The largest absolute Gasteiger partial charge is 0.316 e. The summed E-state index contributed by atoms with van der Waals surface area (Å²) in [5.74, 6) is 0. The van der Waals surface area contributed by atoms with Gasteiger partial charge >= 0.3 is 0 Å². The van der Waals surface area contributed by atoms with E-state index in [0.717, 1.165) is 5.69 Å². The molecule has 0 spiro atoms. The van der Waals surface area contributed by atoms with Crippen molar-refractivity contribution >= 4 is 32.7 Å². The van der Waals surface area contributed by atoms with Crippen molar-refractivity contribution in [1.29, 1.82) is 0 Å². The lowest BCUT2D eigenvalue weighted by atomic mass is 9.98. The lowest BCUT2D eigenvalue weighted by Gasteiger charge is -2.15. The minimum atomic E-state index is 1.15. The summed E-state index contributed by atoms with van der Waals surface area (Å²) in [6, 6.07) is 63.4. The molecule has 0 saturated heterocycles. The van der Waals surface area contributed by atoms with Gasteiger partial charge in [0.25, 0.3) is 0 Å². The number of hydrogen-bond acceptors (Lipinski definition) is 0. The van der Waals surface area contributed by atoms with Crippen LogP contribution in [-0.4, -0.2) is 9.13 Å². The quantitative estimate of drug-likeness (QED) is 0.190. The molecule has 2 heterocycles. The van der Waals surface area contributed by atoms with E-state index in [1.165, 1.54) is 71.8 Å². The summed E-state index contributed by atoms with van der Waals surface area (Å²) >= 11 is 0. The first-order valence-electron chi connectivity index (χ1n) is 15.8. The Bertz CT molecular complexity index is 2440. The highest BCUT2D eigenvalue weighted by Crippen LogP contribution is 2.40. The molecule has 0 aliphatic rings. The molecule has 2 nitrogen and oxygen atoms in total. The standard InChI is InChI=1S/C44H30N2/c1-4-14-31(15-5-1)34-28-35(32-16-6-2-7-17-32)30-36(29-34)46-43-23-13-11-21-38(43)39-24-25-42-40(44(39)46)26-27-45(42)41-22-12-10-20-37(41)33-18-8-3-9-19-33/h1-30H. The van der Waals surface area contributed by atoms with Gasteiger partial charge in [-0.1, -0.05) is 133 Å². The lowest BCUT2D eigenvalue weighted by Crippen LogP contribution is -1.97. The number of benzene rings is 7. The van der Waals surface area contributed by atoms with Crippen molar-refractivity contribution in [3.05, 3.63) is 182 Å². The molecule has 0 saturated carbocycles. The summed E-state index contributed by atoms with van der Waals surface area (Å²) in [4.78, 5) is 0. The predicted octanol–water partition coefficient (Wildman–Crippen LogP) is 11.7. The molecule has 216 valence electrons. The van der Waals surface area contributed by atoms with Gasteiger partial charge in [-0.05, 0) is 70.3 Å². The highest BCUT2D eigenvalue weighted by molar-refractivity contribution is 6.18. The molecule has 7 aromatic carbocycles. The summed E-state index contributed by atoms with van der Waals surface area (Å²) in [5, 5.41) is 3.73. The van der Waals surface area contributed by atoms with Crippen molar-refractivity contribution in [1.82, 2.24) is 9.13 Å². The van der Waals surface area contributed by atoms with Gasteiger partial charge in [-0.15, -0.1) is 0 Å². The molecular weight excluding hydrogens is 556 g/mol. The van der Waals surface area contributed by atoms with E-state index in [1.54, 1.807) is 0 Å². The number of fused-ring (bicyclic) bond motifs is 5. The Kier molecular flexibility index (Phi) is 6.17. The van der Waals surface area contributed by atoms with Gasteiger partial charge < -0.3 is 9.13 Å². The summed E-state index contributed by atoms with van der Waals surface area (Å²) in [6.07, 6.45) is 2.23. The Morgan fingerprint density at radius 3 is 1.63 bits per heavy atom. The van der Waals surface area contributed by atoms with Gasteiger partial charge in [-0.3, -0.25) is 0 Å². The number of hydrogen-bond donors (Lipinski definition) is 0. The van der Waals surface area contributed by atoms with Crippen LogP contribution in [0.1, 0.15) is 0 Å². The fourth-order valence-corrected chi connectivity index (χ4v) is 7.03. The molecule has 0 amide bonds. The highest BCUT2D eigenvalue weighted by atomic mass is 15.0. The van der Waals surface area contributed by atoms with Crippen LogP contribution in [0, 0.1) is 0 Å². The van der Waals surface area contributed by atoms with E-state index < -0.39 is 0 Å². The van der Waals surface area contributed by atoms with Crippen LogP contribution in [0.4, 0.5) is 0 Å². The normalized spacial score (nSPS) is 11.5. The van der Waals surface area contributed by atoms with Crippen LogP contribution in [0.15, 0.2) is 182 Å². The molecule has 0 bridgehead atoms. The Morgan fingerprint density at radius 1 is 0.348 bits per heavy atom. The molecule has 0 radical (unpaired) electrons. The first-order valence-corrected chi connectivity index (χ1v) is 15.8. The minimum absolute atomic E-state index is 1.15. The first kappa shape index (κ1) is 26.3. The zero-order valence-corrected chi connectivity index (χ0v) is 25.2.